The average Bonchev–Trinajstić information content (AvgIpc) is 3.57. The number of aliphatic hydroxyl groups is 1. The van der Waals surface area contributed by atoms with Gasteiger partial charge in [0.2, 0.25) is 5.78 Å². The predicted molar refractivity (Wildman–Crippen MR) is 159 cm³/mol. The van der Waals surface area contributed by atoms with Gasteiger partial charge in [0.1, 0.15) is 5.75 Å². The number of hydrogen-bond acceptors (Lipinski definition) is 8. The topological polar surface area (TPSA) is 102 Å². The zero-order valence-corrected chi connectivity index (χ0v) is 24.5. The standard InChI is InChI=1S/C33H40N2O7/c1-3-4-5-6-19-41-25-13-11-23(12-14-25)29-28(30(36)27-22-24-9-7-10-26(39-2)32(24)42-27)31(37)33(38)35(29)16-8-15-34-17-20-40-21-18-34/h7,9-14,22,29,37H,3-6,8,15-21H2,1-2H3. The maximum absolute atomic E-state index is 13.9. The van der Waals surface area contributed by atoms with Crippen LogP contribution in [0.5, 0.6) is 11.5 Å². The van der Waals surface area contributed by atoms with Crippen LogP contribution in [0.15, 0.2) is 64.3 Å². The van der Waals surface area contributed by atoms with Crippen LogP contribution < -0.4 is 9.47 Å². The van der Waals surface area contributed by atoms with Gasteiger partial charge in [-0.3, -0.25) is 14.5 Å². The number of fused-ring (bicyclic) bond motifs is 1. The van der Waals surface area contributed by atoms with Crippen molar-refractivity contribution in [1.29, 1.82) is 0 Å². The van der Waals surface area contributed by atoms with E-state index in [1.54, 1.807) is 17.0 Å². The number of furan rings is 1. The van der Waals surface area contributed by atoms with E-state index >= 15 is 0 Å². The van der Waals surface area contributed by atoms with E-state index in [9.17, 15) is 14.7 Å². The smallest absolute Gasteiger partial charge is 0.290 e. The molecule has 1 amide bonds. The number of Topliss-reactive ketones (excluding diaryl/α,β-unsaturated/α-hetero) is 1. The van der Waals surface area contributed by atoms with Gasteiger partial charge in [0.25, 0.3) is 5.91 Å². The molecule has 0 saturated carbocycles. The highest BCUT2D eigenvalue weighted by molar-refractivity contribution is 6.16. The Morgan fingerprint density at radius 2 is 1.81 bits per heavy atom. The van der Waals surface area contributed by atoms with E-state index < -0.39 is 23.5 Å². The van der Waals surface area contributed by atoms with Crippen molar-refractivity contribution in [1.82, 2.24) is 9.80 Å². The predicted octanol–water partition coefficient (Wildman–Crippen LogP) is 5.70. The first-order chi connectivity index (χ1) is 20.5. The van der Waals surface area contributed by atoms with Crippen LogP contribution in [0, 0.1) is 0 Å². The maximum Gasteiger partial charge on any atom is 0.290 e. The second-order valence-corrected chi connectivity index (χ2v) is 10.8. The van der Waals surface area contributed by atoms with E-state index in [0.717, 1.165) is 38.2 Å². The van der Waals surface area contributed by atoms with E-state index in [4.69, 9.17) is 18.6 Å². The Balaban J connectivity index is 1.40. The molecule has 1 N–H and O–H groups in total. The Morgan fingerprint density at radius 1 is 1.02 bits per heavy atom. The number of morpholine rings is 1. The van der Waals surface area contributed by atoms with Gasteiger partial charge >= 0.3 is 0 Å². The van der Waals surface area contributed by atoms with Crippen molar-refractivity contribution in [3.05, 3.63) is 71.2 Å². The summed E-state index contributed by atoms with van der Waals surface area (Å²) in [6.07, 6.45) is 5.16. The quantitative estimate of drug-likeness (QED) is 0.193. The van der Waals surface area contributed by atoms with Crippen molar-refractivity contribution < 1.29 is 33.3 Å². The van der Waals surface area contributed by atoms with Crippen molar-refractivity contribution in [2.75, 3.05) is 53.1 Å². The molecule has 0 aliphatic carbocycles. The maximum atomic E-state index is 13.9. The Morgan fingerprint density at radius 3 is 2.55 bits per heavy atom. The first kappa shape index (κ1) is 29.7. The summed E-state index contributed by atoms with van der Waals surface area (Å²) in [5.41, 5.74) is 1.17. The molecule has 42 heavy (non-hydrogen) atoms. The molecule has 0 radical (unpaired) electrons. The van der Waals surface area contributed by atoms with E-state index in [1.165, 1.54) is 20.0 Å². The van der Waals surface area contributed by atoms with Crippen molar-refractivity contribution in [3.63, 3.8) is 0 Å². The second kappa shape index (κ2) is 13.9. The molecule has 5 rings (SSSR count). The summed E-state index contributed by atoms with van der Waals surface area (Å²) >= 11 is 0. The number of aliphatic hydroxyl groups excluding tert-OH is 1. The lowest BCUT2D eigenvalue weighted by molar-refractivity contribution is -0.129. The largest absolute Gasteiger partial charge is 0.503 e. The van der Waals surface area contributed by atoms with E-state index in [2.05, 4.69) is 11.8 Å². The third-order valence-electron chi connectivity index (χ3n) is 7.94. The molecule has 1 unspecified atom stereocenters. The van der Waals surface area contributed by atoms with Crippen molar-refractivity contribution in [3.8, 4) is 11.5 Å². The zero-order valence-electron chi connectivity index (χ0n) is 24.5. The highest BCUT2D eigenvalue weighted by Crippen LogP contribution is 2.40. The molecule has 224 valence electrons. The van der Waals surface area contributed by atoms with Gasteiger partial charge in [-0.25, -0.2) is 0 Å². The lowest BCUT2D eigenvalue weighted by Crippen LogP contribution is -2.39. The fraction of sp³-hybridized carbons (Fsp3) is 0.455. The fourth-order valence-electron chi connectivity index (χ4n) is 5.66. The number of benzene rings is 2. The number of methoxy groups -OCH3 is 1. The third kappa shape index (κ3) is 6.47. The molecule has 2 aliphatic rings. The summed E-state index contributed by atoms with van der Waals surface area (Å²) in [7, 11) is 1.53. The molecule has 9 heteroatoms. The van der Waals surface area contributed by atoms with E-state index in [-0.39, 0.29) is 11.3 Å². The molecule has 1 atom stereocenters. The van der Waals surface area contributed by atoms with Crippen LogP contribution >= 0.6 is 0 Å². The first-order valence-electron chi connectivity index (χ1n) is 14.9. The summed E-state index contributed by atoms with van der Waals surface area (Å²) in [5, 5.41) is 11.8. The number of rotatable bonds is 14. The Hall–Kier alpha value is -3.82. The normalized spacial score (nSPS) is 17.8. The molecule has 1 saturated heterocycles. The molecule has 0 bridgehead atoms. The Labute approximate surface area is 246 Å². The number of amides is 1. The van der Waals surface area contributed by atoms with E-state index in [0.29, 0.717) is 55.1 Å². The Kier molecular flexibility index (Phi) is 9.81. The lowest BCUT2D eigenvalue weighted by atomic mass is 9.95. The van der Waals surface area contributed by atoms with Crippen LogP contribution in [-0.4, -0.2) is 79.7 Å². The fourth-order valence-corrected chi connectivity index (χ4v) is 5.66. The first-order valence-corrected chi connectivity index (χ1v) is 14.9. The minimum atomic E-state index is -0.761. The average molecular weight is 577 g/mol. The minimum Gasteiger partial charge on any atom is -0.503 e. The SMILES string of the molecule is CCCCCCOc1ccc(C2C(C(=O)c3cc4cccc(OC)c4o3)=C(O)C(=O)N2CCCN2CCOCC2)cc1. The number of nitrogens with zero attached hydrogens (tertiary/aromatic N) is 2. The molecule has 0 spiro atoms. The highest BCUT2D eigenvalue weighted by atomic mass is 16.5. The van der Waals surface area contributed by atoms with Gasteiger partial charge in [-0.15, -0.1) is 0 Å². The second-order valence-electron chi connectivity index (χ2n) is 10.8. The van der Waals surface area contributed by atoms with Gasteiger partial charge < -0.3 is 28.6 Å². The summed E-state index contributed by atoms with van der Waals surface area (Å²) in [6.45, 7) is 7.07. The molecule has 3 heterocycles. The summed E-state index contributed by atoms with van der Waals surface area (Å²) in [5.74, 6) is -0.370. The molecule has 1 fully saturated rings. The number of ether oxygens (including phenoxy) is 3. The molecule has 9 nitrogen and oxygen atoms in total. The minimum absolute atomic E-state index is 0.0117. The van der Waals surface area contributed by atoms with Crippen molar-refractivity contribution >= 4 is 22.7 Å². The molecule has 2 aliphatic heterocycles. The Bertz CT molecular complexity index is 1410. The van der Waals surface area contributed by atoms with Crippen LogP contribution in [0.3, 0.4) is 0 Å². The summed E-state index contributed by atoms with van der Waals surface area (Å²) in [4.78, 5) is 31.3. The van der Waals surface area contributed by atoms with Crippen molar-refractivity contribution in [2.24, 2.45) is 0 Å². The van der Waals surface area contributed by atoms with Gasteiger partial charge in [-0.2, -0.15) is 0 Å². The number of ketones is 1. The van der Waals surface area contributed by atoms with Crippen LogP contribution in [-0.2, 0) is 9.53 Å². The number of hydrogen-bond donors (Lipinski definition) is 1. The molecule has 3 aromatic rings. The van der Waals surface area contributed by atoms with Crippen molar-refractivity contribution in [2.45, 2.75) is 45.1 Å². The molecule has 1 aromatic heterocycles. The van der Waals surface area contributed by atoms with Gasteiger partial charge in [-0.1, -0.05) is 50.5 Å². The number of para-hydroxylation sites is 1. The zero-order chi connectivity index (χ0) is 29.5. The molecular weight excluding hydrogens is 536 g/mol. The third-order valence-corrected chi connectivity index (χ3v) is 7.94. The number of carbonyl (C=O) groups excluding carboxylic acids is 2. The number of carbonyl (C=O) groups is 2. The van der Waals surface area contributed by atoms with Gasteiger partial charge in [0, 0.05) is 31.6 Å². The van der Waals surface area contributed by atoms with Crippen LogP contribution in [0.1, 0.15) is 61.2 Å². The number of unbranched alkanes of at least 4 members (excludes halogenated alkanes) is 3. The highest BCUT2D eigenvalue weighted by Gasteiger charge is 2.44. The van der Waals surface area contributed by atoms with Crippen LogP contribution in [0.2, 0.25) is 0 Å². The summed E-state index contributed by atoms with van der Waals surface area (Å²) < 4.78 is 22.7. The van der Waals surface area contributed by atoms with Crippen LogP contribution in [0.25, 0.3) is 11.0 Å². The monoisotopic (exact) mass is 576 g/mol. The van der Waals surface area contributed by atoms with Gasteiger partial charge in [-0.05, 0) is 42.7 Å². The molecular formula is C33H40N2O7. The van der Waals surface area contributed by atoms with Gasteiger partial charge in [0.15, 0.2) is 22.9 Å². The molecule has 2 aromatic carbocycles. The van der Waals surface area contributed by atoms with E-state index in [1.807, 2.05) is 36.4 Å². The lowest BCUT2D eigenvalue weighted by Gasteiger charge is -2.30. The van der Waals surface area contributed by atoms with Crippen LogP contribution in [0.4, 0.5) is 0 Å². The van der Waals surface area contributed by atoms with Gasteiger partial charge in [0.05, 0.1) is 38.5 Å². The summed E-state index contributed by atoms with van der Waals surface area (Å²) in [6, 6.07) is 13.7.